The average Bonchev–Trinajstić information content (AvgIpc) is 3.53. The number of phosphoric ester groups is 1. The number of imide groups is 1. The monoisotopic (exact) mass is 573 g/mol. The van der Waals surface area contributed by atoms with Crippen LogP contribution in [0.1, 0.15) is 38.8 Å². The zero-order valence-corrected chi connectivity index (χ0v) is 22.3. The van der Waals surface area contributed by atoms with E-state index in [1.54, 1.807) is 26.1 Å². The fourth-order valence-electron chi connectivity index (χ4n) is 3.70. The number of hydrogen-bond acceptors (Lipinski definition) is 11. The average molecular weight is 573 g/mol. The normalized spacial score (nSPS) is 11.3. The predicted octanol–water partition coefficient (Wildman–Crippen LogP) is 2.68. The molecule has 16 nitrogen and oxygen atoms in total. The van der Waals surface area contributed by atoms with Crippen LogP contribution in [-0.2, 0) is 13.8 Å². The molecule has 17 heteroatoms. The maximum atomic E-state index is 13.4. The van der Waals surface area contributed by atoms with Crippen molar-refractivity contribution in [1.29, 1.82) is 0 Å². The van der Waals surface area contributed by atoms with Gasteiger partial charge in [0, 0.05) is 30.1 Å². The third-order valence-corrected chi connectivity index (χ3v) is 6.03. The van der Waals surface area contributed by atoms with Crippen LogP contribution in [0.5, 0.6) is 0 Å². The molecule has 40 heavy (non-hydrogen) atoms. The second-order valence-corrected chi connectivity index (χ2v) is 9.47. The topological polar surface area (TPSA) is 211 Å². The van der Waals surface area contributed by atoms with Gasteiger partial charge in [-0.25, -0.2) is 23.4 Å². The Morgan fingerprint density at radius 2 is 1.98 bits per heavy atom. The van der Waals surface area contributed by atoms with E-state index in [2.05, 4.69) is 30.4 Å². The number of rotatable bonds is 9. The van der Waals surface area contributed by atoms with Crippen LogP contribution >= 0.6 is 7.82 Å². The Balaban J connectivity index is 1.65. The second-order valence-electron chi connectivity index (χ2n) is 8.23. The number of hydrogen-bond donors (Lipinski definition) is 4. The molecule has 0 bridgehead atoms. The molecule has 0 aliphatic heterocycles. The molecule has 0 fully saturated rings. The minimum absolute atomic E-state index is 0.0177. The summed E-state index contributed by atoms with van der Waals surface area (Å²) < 4.78 is 26.0. The summed E-state index contributed by atoms with van der Waals surface area (Å²) in [6, 6.07) is 5.77. The van der Waals surface area contributed by atoms with Gasteiger partial charge in [-0.05, 0) is 44.0 Å². The molecule has 0 radical (unpaired) electrons. The number of anilines is 3. The SMILES string of the molecule is CCNC(=O)c1cn2ncnc(Nc3cc(C(=O)N(C(=O)OCOP(=O)(O)O)c4ccon4)ccc3C)c2c1C. The molecule has 0 aliphatic rings. The van der Waals surface area contributed by atoms with E-state index in [1.165, 1.54) is 29.0 Å². The molecular formula is C23H24N7O9P. The molecular weight excluding hydrogens is 549 g/mol. The van der Waals surface area contributed by atoms with Crippen molar-refractivity contribution >= 4 is 48.6 Å². The van der Waals surface area contributed by atoms with Crippen molar-refractivity contribution in [3.8, 4) is 0 Å². The lowest BCUT2D eigenvalue weighted by Gasteiger charge is -2.18. The Morgan fingerprint density at radius 3 is 2.65 bits per heavy atom. The molecule has 210 valence electrons. The molecule has 4 aromatic rings. The molecule has 0 aliphatic carbocycles. The van der Waals surface area contributed by atoms with Crippen molar-refractivity contribution in [1.82, 2.24) is 25.1 Å². The fraction of sp³-hybridized carbons (Fsp3) is 0.217. The van der Waals surface area contributed by atoms with Gasteiger partial charge in [0.25, 0.3) is 11.8 Å². The first-order chi connectivity index (χ1) is 19.0. The van der Waals surface area contributed by atoms with Crippen molar-refractivity contribution in [2.45, 2.75) is 20.8 Å². The van der Waals surface area contributed by atoms with Crippen LogP contribution < -0.4 is 15.5 Å². The summed E-state index contributed by atoms with van der Waals surface area (Å²) >= 11 is 0. The Kier molecular flexibility index (Phi) is 8.25. The smallest absolute Gasteiger partial charge is 0.421 e. The number of phosphoric acid groups is 1. The van der Waals surface area contributed by atoms with Gasteiger partial charge in [0.15, 0.2) is 11.6 Å². The third kappa shape index (κ3) is 6.16. The number of benzene rings is 1. The number of nitrogens with zero attached hydrogens (tertiary/aromatic N) is 5. The second kappa shape index (κ2) is 11.6. The molecule has 3 heterocycles. The zero-order chi connectivity index (χ0) is 29.0. The number of carbonyl (C=O) groups is 3. The van der Waals surface area contributed by atoms with Crippen LogP contribution in [0.2, 0.25) is 0 Å². The first kappa shape index (κ1) is 28.4. The lowest BCUT2D eigenvalue weighted by atomic mass is 10.1. The van der Waals surface area contributed by atoms with Crippen molar-refractivity contribution in [2.24, 2.45) is 0 Å². The largest absolute Gasteiger partial charge is 0.472 e. The first-order valence-corrected chi connectivity index (χ1v) is 13.1. The molecule has 0 saturated carbocycles. The lowest BCUT2D eigenvalue weighted by Crippen LogP contribution is -2.38. The summed E-state index contributed by atoms with van der Waals surface area (Å²) in [6.07, 6.45) is 2.70. The van der Waals surface area contributed by atoms with Crippen LogP contribution in [0.25, 0.3) is 5.52 Å². The maximum Gasteiger partial charge on any atom is 0.472 e. The fourth-order valence-corrected chi connectivity index (χ4v) is 3.89. The Bertz CT molecular complexity index is 1610. The first-order valence-electron chi connectivity index (χ1n) is 11.6. The minimum atomic E-state index is -4.93. The van der Waals surface area contributed by atoms with E-state index < -0.39 is 26.6 Å². The molecule has 3 aromatic heterocycles. The van der Waals surface area contributed by atoms with Crippen LogP contribution in [0.15, 0.2) is 47.6 Å². The highest BCUT2D eigenvalue weighted by atomic mass is 31.2. The number of nitrogens with one attached hydrogen (secondary N) is 2. The van der Waals surface area contributed by atoms with Crippen molar-refractivity contribution < 1.29 is 42.5 Å². The van der Waals surface area contributed by atoms with Gasteiger partial charge in [0.1, 0.15) is 18.1 Å². The number of carbonyl (C=O) groups excluding carboxylic acids is 3. The highest BCUT2D eigenvalue weighted by Crippen LogP contribution is 2.35. The summed E-state index contributed by atoms with van der Waals surface area (Å²) in [5.41, 5.74) is 2.78. The van der Waals surface area contributed by atoms with Gasteiger partial charge in [-0.1, -0.05) is 11.2 Å². The van der Waals surface area contributed by atoms with Crippen LogP contribution in [0.4, 0.5) is 22.1 Å². The quantitative estimate of drug-likeness (QED) is 0.168. The molecule has 0 atom stereocenters. The Morgan fingerprint density at radius 1 is 1.20 bits per heavy atom. The van der Waals surface area contributed by atoms with Crippen molar-refractivity contribution in [3.63, 3.8) is 0 Å². The van der Waals surface area contributed by atoms with Gasteiger partial charge in [0.05, 0.1) is 5.56 Å². The third-order valence-electron chi connectivity index (χ3n) is 5.59. The van der Waals surface area contributed by atoms with Gasteiger partial charge in [-0.15, -0.1) is 0 Å². The van der Waals surface area contributed by atoms with E-state index in [9.17, 15) is 18.9 Å². The predicted molar refractivity (Wildman–Crippen MR) is 138 cm³/mol. The highest BCUT2D eigenvalue weighted by molar-refractivity contribution is 7.46. The van der Waals surface area contributed by atoms with Gasteiger partial charge >= 0.3 is 13.9 Å². The molecule has 4 rings (SSSR count). The highest BCUT2D eigenvalue weighted by Gasteiger charge is 2.30. The maximum absolute atomic E-state index is 13.4. The molecule has 1 aromatic carbocycles. The number of aromatic nitrogens is 4. The number of fused-ring (bicyclic) bond motifs is 1. The molecule has 0 unspecified atom stereocenters. The van der Waals surface area contributed by atoms with Crippen molar-refractivity contribution in [2.75, 3.05) is 23.6 Å². The van der Waals surface area contributed by atoms with E-state index in [0.29, 0.717) is 45.2 Å². The van der Waals surface area contributed by atoms with Crippen LogP contribution in [0.3, 0.4) is 0 Å². The summed E-state index contributed by atoms with van der Waals surface area (Å²) in [4.78, 5) is 61.0. The van der Waals surface area contributed by atoms with E-state index >= 15 is 0 Å². The van der Waals surface area contributed by atoms with E-state index in [4.69, 9.17) is 19.0 Å². The van der Waals surface area contributed by atoms with E-state index in [1.807, 2.05) is 6.92 Å². The van der Waals surface area contributed by atoms with Crippen molar-refractivity contribution in [3.05, 3.63) is 65.3 Å². The van der Waals surface area contributed by atoms with Gasteiger partial charge in [-0.3, -0.25) is 9.59 Å². The van der Waals surface area contributed by atoms with E-state index in [-0.39, 0.29) is 17.3 Å². The van der Waals surface area contributed by atoms with Crippen LogP contribution in [-0.4, -0.2) is 60.8 Å². The number of amides is 3. The summed E-state index contributed by atoms with van der Waals surface area (Å²) in [7, 11) is -4.93. The van der Waals surface area contributed by atoms with Gasteiger partial charge in [0.2, 0.25) is 6.79 Å². The standard InChI is InChI=1S/C23H24N7O9P/c1-4-24-21(31)16-10-29-19(14(16)3)20(25-11-26-29)27-17-9-15(6-5-13(17)2)22(32)30(18-7-8-38-28-18)23(33)37-12-39-40(34,35)36/h5-11H,4,12H2,1-3H3,(H,24,31)(H,25,26,27)(H2,34,35,36). The Hall–Kier alpha value is -4.63. The minimum Gasteiger partial charge on any atom is -0.421 e. The molecule has 0 saturated heterocycles. The molecule has 0 spiro atoms. The Labute approximate surface area is 226 Å². The van der Waals surface area contributed by atoms with Crippen LogP contribution in [0, 0.1) is 13.8 Å². The number of aryl methyl sites for hydroxylation is 2. The molecule has 3 amide bonds. The summed E-state index contributed by atoms with van der Waals surface area (Å²) in [5.74, 6) is -1.02. The summed E-state index contributed by atoms with van der Waals surface area (Å²) in [5, 5.41) is 13.7. The van der Waals surface area contributed by atoms with E-state index in [0.717, 1.165) is 6.26 Å². The lowest BCUT2D eigenvalue weighted by molar-refractivity contribution is 0.0429. The van der Waals surface area contributed by atoms with Gasteiger partial charge in [-0.2, -0.15) is 10.00 Å². The zero-order valence-electron chi connectivity index (χ0n) is 21.4. The number of ether oxygens (including phenoxy) is 1. The molecule has 4 N–H and O–H groups in total. The summed E-state index contributed by atoms with van der Waals surface area (Å²) in [6.45, 7) is 4.69. The van der Waals surface area contributed by atoms with Gasteiger partial charge < -0.3 is 29.7 Å².